The lowest BCUT2D eigenvalue weighted by Gasteiger charge is -2.40. The minimum absolute atomic E-state index is 0.0707. The van der Waals surface area contributed by atoms with Crippen molar-refractivity contribution in [1.82, 2.24) is 0 Å². The second-order valence-electron chi connectivity index (χ2n) is 10.7. The van der Waals surface area contributed by atoms with E-state index in [2.05, 4.69) is 12.1 Å². The summed E-state index contributed by atoms with van der Waals surface area (Å²) in [6.45, 7) is 1.67. The molecule has 0 saturated heterocycles. The average molecular weight is 545 g/mol. The lowest BCUT2D eigenvalue weighted by Crippen LogP contribution is -2.47. The zero-order valence-electron chi connectivity index (χ0n) is 22.2. The highest BCUT2D eigenvalue weighted by Gasteiger charge is 2.49. The first-order valence-electron chi connectivity index (χ1n) is 13.5. The predicted octanol–water partition coefficient (Wildman–Crippen LogP) is 4.18. The fraction of sp³-hybridized carbons (Fsp3) is 0.344. The zero-order valence-corrected chi connectivity index (χ0v) is 22.2. The summed E-state index contributed by atoms with van der Waals surface area (Å²) < 4.78 is 5.42. The Balaban J connectivity index is 1.30. The SMILES string of the molecule is C[C@H](C(=O)OCCCCCc1ccccc1)[C@@]1(O)Cc2c(O)c3c(c(O)c2[C@@H](O)C1)C(=O)c1ccccc1C3=O. The van der Waals surface area contributed by atoms with Gasteiger partial charge in [0, 0.05) is 35.1 Å². The molecule has 0 amide bonds. The van der Waals surface area contributed by atoms with Crippen molar-refractivity contribution in [3.05, 3.63) is 93.5 Å². The molecule has 0 bridgehead atoms. The van der Waals surface area contributed by atoms with Gasteiger partial charge in [-0.2, -0.15) is 0 Å². The number of aryl methyl sites for hydroxylation is 1. The van der Waals surface area contributed by atoms with Crippen molar-refractivity contribution in [2.24, 2.45) is 5.92 Å². The number of ether oxygens (including phenoxy) is 1. The maximum absolute atomic E-state index is 13.2. The summed E-state index contributed by atoms with van der Waals surface area (Å²) in [6, 6.07) is 16.2. The van der Waals surface area contributed by atoms with Gasteiger partial charge in [0.25, 0.3) is 0 Å². The van der Waals surface area contributed by atoms with E-state index >= 15 is 0 Å². The first kappa shape index (κ1) is 27.6. The first-order valence-corrected chi connectivity index (χ1v) is 13.5. The van der Waals surface area contributed by atoms with Gasteiger partial charge in [0.1, 0.15) is 11.5 Å². The molecule has 208 valence electrons. The van der Waals surface area contributed by atoms with E-state index in [0.717, 1.165) is 19.3 Å². The minimum atomic E-state index is -1.82. The highest BCUT2D eigenvalue weighted by Crippen LogP contribution is 2.51. The second-order valence-corrected chi connectivity index (χ2v) is 10.7. The van der Waals surface area contributed by atoms with Crippen LogP contribution in [0.3, 0.4) is 0 Å². The third-order valence-electron chi connectivity index (χ3n) is 8.18. The van der Waals surface area contributed by atoms with Crippen LogP contribution in [0.5, 0.6) is 11.5 Å². The highest BCUT2D eigenvalue weighted by molar-refractivity contribution is 6.30. The van der Waals surface area contributed by atoms with Gasteiger partial charge in [-0.3, -0.25) is 14.4 Å². The summed E-state index contributed by atoms with van der Waals surface area (Å²) in [5.41, 5.74) is -1.34. The van der Waals surface area contributed by atoms with Crippen LogP contribution in [0.4, 0.5) is 0 Å². The Morgan fingerprint density at radius 2 is 1.52 bits per heavy atom. The number of phenols is 2. The van der Waals surface area contributed by atoms with Crippen molar-refractivity contribution in [3.63, 3.8) is 0 Å². The molecule has 2 aliphatic rings. The number of unbranched alkanes of at least 4 members (excludes halogenated alkanes) is 2. The van der Waals surface area contributed by atoms with Gasteiger partial charge in [0.15, 0.2) is 11.6 Å². The van der Waals surface area contributed by atoms with Gasteiger partial charge >= 0.3 is 5.97 Å². The van der Waals surface area contributed by atoms with Gasteiger partial charge in [-0.25, -0.2) is 0 Å². The van der Waals surface area contributed by atoms with Crippen LogP contribution in [-0.2, 0) is 22.4 Å². The smallest absolute Gasteiger partial charge is 0.311 e. The summed E-state index contributed by atoms with van der Waals surface area (Å²) >= 11 is 0. The van der Waals surface area contributed by atoms with E-state index in [9.17, 15) is 34.8 Å². The second kappa shape index (κ2) is 10.9. The lowest BCUT2D eigenvalue weighted by atomic mass is 9.69. The number of aliphatic hydroxyl groups excluding tert-OH is 1. The number of aliphatic hydroxyl groups is 2. The summed E-state index contributed by atoms with van der Waals surface area (Å²) in [7, 11) is 0. The molecule has 0 saturated carbocycles. The summed E-state index contributed by atoms with van der Waals surface area (Å²) in [6.07, 6.45) is 1.23. The van der Waals surface area contributed by atoms with Crippen LogP contribution >= 0.6 is 0 Å². The molecule has 3 atom stereocenters. The van der Waals surface area contributed by atoms with Crippen molar-refractivity contribution < 1.29 is 39.5 Å². The van der Waals surface area contributed by atoms with E-state index in [0.29, 0.717) is 6.42 Å². The molecule has 5 rings (SSSR count). The van der Waals surface area contributed by atoms with Crippen LogP contribution in [0.1, 0.15) is 87.2 Å². The number of aromatic hydroxyl groups is 2. The number of fused-ring (bicyclic) bond motifs is 3. The van der Waals surface area contributed by atoms with Crippen LogP contribution in [0.2, 0.25) is 0 Å². The number of ketones is 2. The molecule has 4 N–H and O–H groups in total. The van der Waals surface area contributed by atoms with Crippen LogP contribution in [0.15, 0.2) is 54.6 Å². The number of carbonyl (C=O) groups excluding carboxylic acids is 3. The fourth-order valence-electron chi connectivity index (χ4n) is 5.84. The van der Waals surface area contributed by atoms with Crippen LogP contribution in [-0.4, -0.2) is 50.2 Å². The van der Waals surface area contributed by atoms with Gasteiger partial charge in [-0.05, 0) is 38.2 Å². The normalized spacial score (nSPS) is 20.3. The number of hydrogen-bond donors (Lipinski definition) is 4. The molecule has 0 fully saturated rings. The molecule has 2 aliphatic carbocycles. The zero-order chi connectivity index (χ0) is 28.6. The fourth-order valence-corrected chi connectivity index (χ4v) is 5.84. The number of benzene rings is 3. The van der Waals surface area contributed by atoms with Crippen molar-refractivity contribution in [2.75, 3.05) is 6.61 Å². The van der Waals surface area contributed by atoms with Gasteiger partial charge in [-0.1, -0.05) is 54.6 Å². The topological polar surface area (TPSA) is 141 Å². The minimum Gasteiger partial charge on any atom is -0.507 e. The van der Waals surface area contributed by atoms with E-state index < -0.39 is 46.7 Å². The van der Waals surface area contributed by atoms with Crippen LogP contribution in [0.25, 0.3) is 0 Å². The highest BCUT2D eigenvalue weighted by atomic mass is 16.5. The monoisotopic (exact) mass is 544 g/mol. The van der Waals surface area contributed by atoms with Gasteiger partial charge in [-0.15, -0.1) is 0 Å². The van der Waals surface area contributed by atoms with Crippen LogP contribution < -0.4 is 0 Å². The number of rotatable bonds is 8. The van der Waals surface area contributed by atoms with Crippen molar-refractivity contribution in [2.45, 2.75) is 57.2 Å². The first-order chi connectivity index (χ1) is 19.1. The standard InChI is InChI=1S/C32H32O8/c1-18(31(38)40-15-9-3-6-12-19-10-4-2-5-11-19)32(39)16-22-24(23(33)17-32)30(37)26-25(29(22)36)27(34)20-13-7-8-14-21(20)28(26)35/h2,4-5,7-8,10-11,13-14,18,23,33,36-37,39H,3,6,9,12,15-17H2,1H3/t18-,23+,32-/m1/s1. The molecule has 0 unspecified atom stereocenters. The molecule has 8 nitrogen and oxygen atoms in total. The van der Waals surface area contributed by atoms with Gasteiger partial charge in [0.2, 0.25) is 0 Å². The Labute approximate surface area is 231 Å². The largest absolute Gasteiger partial charge is 0.507 e. The number of hydrogen-bond acceptors (Lipinski definition) is 8. The Morgan fingerprint density at radius 1 is 0.925 bits per heavy atom. The maximum Gasteiger partial charge on any atom is 0.311 e. The lowest BCUT2D eigenvalue weighted by molar-refractivity contribution is -0.161. The molecule has 0 aliphatic heterocycles. The number of phenolic OH excluding ortho intramolecular Hbond substituents is 2. The van der Waals surface area contributed by atoms with Gasteiger partial charge < -0.3 is 25.2 Å². The number of esters is 1. The van der Waals surface area contributed by atoms with Crippen molar-refractivity contribution >= 4 is 17.5 Å². The summed E-state index contributed by atoms with van der Waals surface area (Å²) in [5, 5.41) is 44.7. The third kappa shape index (κ3) is 4.78. The maximum atomic E-state index is 13.2. The Morgan fingerprint density at radius 3 is 2.17 bits per heavy atom. The third-order valence-corrected chi connectivity index (χ3v) is 8.18. The van der Waals surface area contributed by atoms with E-state index in [1.165, 1.54) is 24.6 Å². The summed E-state index contributed by atoms with van der Waals surface area (Å²) in [4.78, 5) is 39.3. The van der Waals surface area contributed by atoms with E-state index in [-0.39, 0.29) is 52.8 Å². The molecule has 0 radical (unpaired) electrons. The van der Waals surface area contributed by atoms with Gasteiger partial charge in [0.05, 0.1) is 35.4 Å². The molecule has 8 heteroatoms. The Kier molecular flexibility index (Phi) is 7.49. The van der Waals surface area contributed by atoms with Crippen molar-refractivity contribution in [3.8, 4) is 11.5 Å². The molecule has 3 aromatic carbocycles. The van der Waals surface area contributed by atoms with E-state index in [1.54, 1.807) is 12.1 Å². The van der Waals surface area contributed by atoms with E-state index in [4.69, 9.17) is 4.74 Å². The molecule has 40 heavy (non-hydrogen) atoms. The molecular formula is C32H32O8. The quantitative estimate of drug-likeness (QED) is 0.147. The molecular weight excluding hydrogens is 512 g/mol. The average Bonchev–Trinajstić information content (AvgIpc) is 2.95. The summed E-state index contributed by atoms with van der Waals surface area (Å²) in [5.74, 6) is -4.21. The van der Waals surface area contributed by atoms with Crippen molar-refractivity contribution in [1.29, 1.82) is 0 Å². The molecule has 0 spiro atoms. The molecule has 0 heterocycles. The van der Waals surface area contributed by atoms with E-state index in [1.807, 2.05) is 18.2 Å². The molecule has 3 aromatic rings. The Bertz CT molecular complexity index is 1480. The number of carbonyl (C=O) groups is 3. The molecule has 0 aromatic heterocycles. The van der Waals surface area contributed by atoms with Crippen LogP contribution in [0, 0.1) is 5.92 Å². The Hall–Kier alpha value is -4.01. The predicted molar refractivity (Wildman–Crippen MR) is 145 cm³/mol.